The summed E-state index contributed by atoms with van der Waals surface area (Å²) in [6.45, 7) is 5.03. The third kappa shape index (κ3) is 4.21. The lowest BCUT2D eigenvalue weighted by atomic mass is 9.85. The van der Waals surface area contributed by atoms with Crippen LogP contribution in [0.3, 0.4) is 0 Å². The molecule has 2 saturated heterocycles. The fraction of sp³-hybridized carbons (Fsp3) is 0.409. The standard InChI is InChI=1S/C22H28N4O/c1-16-7-5-6-10-18(16)13-23-21(27)15-26-12-11-20-19(14-26)22(25-24-20)17-8-3-2-4-9-17/h2-10,19-20,22,24-25H,11-15H2,1H3,(H,23,27). The number of nitrogens with zero attached hydrogens (tertiary/aromatic N) is 1. The molecule has 5 heteroatoms. The number of benzene rings is 2. The Kier molecular flexibility index (Phi) is 5.53. The maximum atomic E-state index is 12.5. The highest BCUT2D eigenvalue weighted by atomic mass is 16.2. The van der Waals surface area contributed by atoms with Crippen molar-refractivity contribution in [3.63, 3.8) is 0 Å². The number of carbonyl (C=O) groups is 1. The Morgan fingerprint density at radius 2 is 1.89 bits per heavy atom. The molecule has 0 bridgehead atoms. The molecule has 2 heterocycles. The van der Waals surface area contributed by atoms with Crippen LogP contribution >= 0.6 is 0 Å². The smallest absolute Gasteiger partial charge is 0.234 e. The van der Waals surface area contributed by atoms with Crippen LogP contribution in [0.15, 0.2) is 54.6 Å². The number of nitrogens with one attached hydrogen (secondary N) is 3. The minimum absolute atomic E-state index is 0.104. The number of amides is 1. The highest BCUT2D eigenvalue weighted by Gasteiger charge is 2.40. The van der Waals surface area contributed by atoms with Gasteiger partial charge in [0.05, 0.1) is 12.6 Å². The third-order valence-corrected chi connectivity index (χ3v) is 5.86. The van der Waals surface area contributed by atoms with E-state index in [4.69, 9.17) is 0 Å². The Labute approximate surface area is 161 Å². The van der Waals surface area contributed by atoms with Crippen molar-refractivity contribution >= 4 is 5.91 Å². The Balaban J connectivity index is 1.32. The lowest BCUT2D eigenvalue weighted by molar-refractivity contribution is -0.122. The summed E-state index contributed by atoms with van der Waals surface area (Å²) in [7, 11) is 0. The molecule has 3 atom stereocenters. The SMILES string of the molecule is Cc1ccccc1CNC(=O)CN1CCC2NNC(c3ccccc3)C2C1. The van der Waals surface area contributed by atoms with Crippen LogP contribution in [0.2, 0.25) is 0 Å². The molecule has 0 spiro atoms. The van der Waals surface area contributed by atoms with Crippen molar-refractivity contribution in [2.45, 2.75) is 32.0 Å². The molecular weight excluding hydrogens is 336 g/mol. The van der Waals surface area contributed by atoms with Gasteiger partial charge in [-0.05, 0) is 30.0 Å². The van der Waals surface area contributed by atoms with Gasteiger partial charge in [0.1, 0.15) is 0 Å². The van der Waals surface area contributed by atoms with Crippen molar-refractivity contribution in [3.05, 3.63) is 71.3 Å². The maximum absolute atomic E-state index is 12.5. The Bertz CT molecular complexity index is 779. The van der Waals surface area contributed by atoms with Crippen molar-refractivity contribution < 1.29 is 4.79 Å². The van der Waals surface area contributed by atoms with E-state index in [-0.39, 0.29) is 5.91 Å². The van der Waals surface area contributed by atoms with Gasteiger partial charge in [0.25, 0.3) is 0 Å². The molecule has 3 N–H and O–H groups in total. The summed E-state index contributed by atoms with van der Waals surface area (Å²) in [5.41, 5.74) is 10.6. The molecule has 0 radical (unpaired) electrons. The van der Waals surface area contributed by atoms with E-state index in [0.29, 0.717) is 31.1 Å². The quantitative estimate of drug-likeness (QED) is 0.761. The first-order chi connectivity index (χ1) is 13.2. The van der Waals surface area contributed by atoms with E-state index in [0.717, 1.165) is 19.5 Å². The van der Waals surface area contributed by atoms with Crippen LogP contribution in [0, 0.1) is 12.8 Å². The zero-order valence-electron chi connectivity index (χ0n) is 15.8. The summed E-state index contributed by atoms with van der Waals surface area (Å²) in [5, 5.41) is 3.08. The summed E-state index contributed by atoms with van der Waals surface area (Å²) in [6, 6.07) is 19.5. The van der Waals surface area contributed by atoms with Crippen molar-refractivity contribution in [3.8, 4) is 0 Å². The molecule has 4 rings (SSSR count). The Hall–Kier alpha value is -2.21. The normalized spacial score (nSPS) is 25.1. The van der Waals surface area contributed by atoms with Gasteiger partial charge in [-0.2, -0.15) is 0 Å². The second-order valence-corrected chi connectivity index (χ2v) is 7.67. The van der Waals surface area contributed by atoms with E-state index >= 15 is 0 Å². The second kappa shape index (κ2) is 8.21. The van der Waals surface area contributed by atoms with Crippen molar-refractivity contribution in [1.29, 1.82) is 0 Å². The first kappa shape index (κ1) is 18.2. The molecule has 5 nitrogen and oxygen atoms in total. The van der Waals surface area contributed by atoms with Crippen molar-refractivity contribution in [1.82, 2.24) is 21.1 Å². The van der Waals surface area contributed by atoms with Crippen LogP contribution in [0.4, 0.5) is 0 Å². The van der Waals surface area contributed by atoms with Gasteiger partial charge in [0, 0.05) is 31.6 Å². The molecule has 2 aliphatic heterocycles. The predicted octanol–water partition coefficient (Wildman–Crippen LogP) is 2.15. The topological polar surface area (TPSA) is 56.4 Å². The minimum atomic E-state index is 0.104. The minimum Gasteiger partial charge on any atom is -0.351 e. The Morgan fingerprint density at radius 3 is 2.70 bits per heavy atom. The maximum Gasteiger partial charge on any atom is 0.234 e. The van der Waals surface area contributed by atoms with Gasteiger partial charge in [-0.15, -0.1) is 0 Å². The van der Waals surface area contributed by atoms with E-state index in [9.17, 15) is 4.79 Å². The summed E-state index contributed by atoms with van der Waals surface area (Å²) >= 11 is 0. The largest absolute Gasteiger partial charge is 0.351 e. The molecule has 0 saturated carbocycles. The van der Waals surface area contributed by atoms with Crippen molar-refractivity contribution in [2.24, 2.45) is 5.92 Å². The monoisotopic (exact) mass is 364 g/mol. The second-order valence-electron chi connectivity index (χ2n) is 7.67. The first-order valence-electron chi connectivity index (χ1n) is 9.80. The summed E-state index contributed by atoms with van der Waals surface area (Å²) in [6.07, 6.45) is 1.06. The van der Waals surface area contributed by atoms with Crippen molar-refractivity contribution in [2.75, 3.05) is 19.6 Å². The van der Waals surface area contributed by atoms with Crippen LogP contribution in [0.5, 0.6) is 0 Å². The van der Waals surface area contributed by atoms with Crippen LogP contribution in [-0.4, -0.2) is 36.5 Å². The highest BCUT2D eigenvalue weighted by molar-refractivity contribution is 5.78. The summed E-state index contributed by atoms with van der Waals surface area (Å²) in [4.78, 5) is 14.7. The number of rotatable bonds is 5. The van der Waals surface area contributed by atoms with E-state index in [2.05, 4.69) is 70.5 Å². The molecule has 142 valence electrons. The predicted molar refractivity (Wildman–Crippen MR) is 107 cm³/mol. The molecule has 0 aromatic heterocycles. The molecule has 2 aromatic rings. The third-order valence-electron chi connectivity index (χ3n) is 5.86. The van der Waals surface area contributed by atoms with E-state index in [1.807, 2.05) is 12.1 Å². The number of piperidine rings is 1. The molecule has 3 unspecified atom stereocenters. The van der Waals surface area contributed by atoms with E-state index in [1.54, 1.807) is 0 Å². The van der Waals surface area contributed by atoms with E-state index in [1.165, 1.54) is 16.7 Å². The molecule has 2 fully saturated rings. The number of hydrogen-bond acceptors (Lipinski definition) is 4. The number of hydrogen-bond donors (Lipinski definition) is 3. The number of aryl methyl sites for hydroxylation is 1. The van der Waals surface area contributed by atoms with Crippen LogP contribution in [0.1, 0.15) is 29.2 Å². The Morgan fingerprint density at radius 1 is 1.11 bits per heavy atom. The number of fused-ring (bicyclic) bond motifs is 1. The van der Waals surface area contributed by atoms with Gasteiger partial charge in [-0.25, -0.2) is 5.43 Å². The number of likely N-dealkylation sites (tertiary alicyclic amines) is 1. The van der Waals surface area contributed by atoms with Gasteiger partial charge in [0.2, 0.25) is 5.91 Å². The van der Waals surface area contributed by atoms with Gasteiger partial charge >= 0.3 is 0 Å². The van der Waals surface area contributed by atoms with E-state index < -0.39 is 0 Å². The van der Waals surface area contributed by atoms with Gasteiger partial charge < -0.3 is 5.32 Å². The molecule has 1 amide bonds. The molecule has 2 aliphatic rings. The fourth-order valence-corrected chi connectivity index (χ4v) is 4.27. The lowest BCUT2D eigenvalue weighted by Crippen LogP contribution is -2.48. The first-order valence-corrected chi connectivity index (χ1v) is 9.80. The van der Waals surface area contributed by atoms with Gasteiger partial charge in [-0.3, -0.25) is 15.1 Å². The zero-order valence-corrected chi connectivity index (χ0v) is 15.8. The lowest BCUT2D eigenvalue weighted by Gasteiger charge is -2.35. The van der Waals surface area contributed by atoms with Gasteiger partial charge in [0.15, 0.2) is 0 Å². The summed E-state index contributed by atoms with van der Waals surface area (Å²) < 4.78 is 0. The molecule has 2 aromatic carbocycles. The van der Waals surface area contributed by atoms with Gasteiger partial charge in [-0.1, -0.05) is 54.6 Å². The average Bonchev–Trinajstić information content (AvgIpc) is 3.11. The fourth-order valence-electron chi connectivity index (χ4n) is 4.27. The van der Waals surface area contributed by atoms with Crippen LogP contribution in [-0.2, 0) is 11.3 Å². The average molecular weight is 364 g/mol. The molecular formula is C22H28N4O. The summed E-state index contributed by atoms with van der Waals surface area (Å²) in [5.74, 6) is 0.581. The number of hydrazine groups is 1. The number of carbonyl (C=O) groups excluding carboxylic acids is 1. The zero-order chi connectivity index (χ0) is 18.6. The van der Waals surface area contributed by atoms with Crippen LogP contribution in [0.25, 0.3) is 0 Å². The highest BCUT2D eigenvalue weighted by Crippen LogP contribution is 2.33. The molecule has 27 heavy (non-hydrogen) atoms. The molecule has 0 aliphatic carbocycles. The van der Waals surface area contributed by atoms with Crippen LogP contribution < -0.4 is 16.2 Å².